The Balaban J connectivity index is 2.27. The SMILES string of the molecule is CC/C=C\C/C=C\C/C=C\C/C=C\C/C=C\C/C=C\C/C=C\C/C=C\CCCCCCCCC(=O)NC(COC1OC(CO)C(O)C(O)C1O)C(O)/C=C/CC/C=C/CCCCCCCCC. The zero-order valence-corrected chi connectivity index (χ0v) is 41.8. The fourth-order valence-corrected chi connectivity index (χ4v) is 7.36. The summed E-state index contributed by atoms with van der Waals surface area (Å²) in [4.78, 5) is 13.0. The normalized spacial score (nSPS) is 20.7. The van der Waals surface area contributed by atoms with Gasteiger partial charge in [-0.2, -0.15) is 0 Å². The number of allylic oxidation sites excluding steroid dienone is 19. The van der Waals surface area contributed by atoms with Crippen molar-refractivity contribution in [3.8, 4) is 0 Å². The molecule has 6 N–H and O–H groups in total. The molecule has 7 atom stereocenters. The number of aliphatic hydroxyl groups is 5. The maximum absolute atomic E-state index is 13.0. The van der Waals surface area contributed by atoms with E-state index in [4.69, 9.17) is 9.47 Å². The molecule has 1 amide bonds. The molecule has 9 heteroatoms. The predicted octanol–water partition coefficient (Wildman–Crippen LogP) is 12.4. The third-order valence-corrected chi connectivity index (χ3v) is 11.5. The first-order valence-electron chi connectivity index (χ1n) is 26.3. The van der Waals surface area contributed by atoms with Crippen LogP contribution < -0.4 is 5.32 Å². The minimum Gasteiger partial charge on any atom is -0.394 e. The molecule has 1 aliphatic rings. The minimum absolute atomic E-state index is 0.209. The van der Waals surface area contributed by atoms with Gasteiger partial charge in [0, 0.05) is 6.42 Å². The molecule has 1 heterocycles. The van der Waals surface area contributed by atoms with Crippen LogP contribution in [0, 0.1) is 0 Å². The molecule has 1 fully saturated rings. The van der Waals surface area contributed by atoms with Gasteiger partial charge in [-0.1, -0.05) is 200 Å². The molecule has 9 nitrogen and oxygen atoms in total. The Kier molecular flexibility index (Phi) is 42.6. The summed E-state index contributed by atoms with van der Waals surface area (Å²) in [5.74, 6) is -0.209. The number of nitrogens with one attached hydrogen (secondary N) is 1. The van der Waals surface area contributed by atoms with Crippen LogP contribution in [0.5, 0.6) is 0 Å². The summed E-state index contributed by atoms with van der Waals surface area (Å²) in [7, 11) is 0. The van der Waals surface area contributed by atoms with Crippen molar-refractivity contribution in [2.45, 2.75) is 224 Å². The molecule has 0 bridgehead atoms. The average molecular weight is 934 g/mol. The van der Waals surface area contributed by atoms with Gasteiger partial charge in [0.2, 0.25) is 5.91 Å². The first-order valence-corrected chi connectivity index (χ1v) is 26.3. The first-order chi connectivity index (χ1) is 32.8. The lowest BCUT2D eigenvalue weighted by Crippen LogP contribution is -2.60. The van der Waals surface area contributed by atoms with Crippen molar-refractivity contribution in [3.63, 3.8) is 0 Å². The summed E-state index contributed by atoms with van der Waals surface area (Å²) in [5.41, 5.74) is 0. The van der Waals surface area contributed by atoms with Crippen LogP contribution in [0.4, 0.5) is 0 Å². The van der Waals surface area contributed by atoms with E-state index >= 15 is 0 Å². The standard InChI is InChI=1S/C58H95NO8/c1-3-5-7-9-11-13-15-17-18-19-20-21-22-23-24-25-26-27-28-29-30-31-32-33-34-36-38-40-42-44-46-48-54(62)59-51(50-66-58-57(65)56(64)55(63)53(49-60)67-58)52(61)47-45-43-41-39-37-35-16-14-12-10-8-6-4-2/h5,7,11,13,17-18,20-21,23-24,26-27,29-30,32-33,37,39,45,47,51-53,55-58,60-61,63-65H,3-4,6,8-10,12,14-16,19,22,25,28,31,34-36,38,40-44,46,48-50H2,1-2H3,(H,59,62)/b7-5-,13-11-,18-17-,21-20-,24-23-,27-26-,30-29-,33-32-,39-37+,47-45+. The van der Waals surface area contributed by atoms with Gasteiger partial charge < -0.3 is 40.3 Å². The fourth-order valence-electron chi connectivity index (χ4n) is 7.36. The zero-order chi connectivity index (χ0) is 48.7. The zero-order valence-electron chi connectivity index (χ0n) is 41.8. The topological polar surface area (TPSA) is 149 Å². The highest BCUT2D eigenvalue weighted by molar-refractivity contribution is 5.76. The second kappa shape index (κ2) is 46.3. The van der Waals surface area contributed by atoms with Gasteiger partial charge >= 0.3 is 0 Å². The minimum atomic E-state index is -1.58. The number of amides is 1. The van der Waals surface area contributed by atoms with Gasteiger partial charge in [0.05, 0.1) is 25.4 Å². The van der Waals surface area contributed by atoms with Crippen molar-refractivity contribution in [1.82, 2.24) is 5.32 Å². The highest BCUT2D eigenvalue weighted by atomic mass is 16.7. The Morgan fingerprint density at radius 1 is 0.522 bits per heavy atom. The second-order valence-electron chi connectivity index (χ2n) is 17.6. The molecule has 0 aromatic heterocycles. The van der Waals surface area contributed by atoms with Crippen molar-refractivity contribution in [2.75, 3.05) is 13.2 Å². The Morgan fingerprint density at radius 3 is 1.43 bits per heavy atom. The van der Waals surface area contributed by atoms with Gasteiger partial charge in [-0.05, 0) is 96.3 Å². The van der Waals surface area contributed by atoms with Crippen LogP contribution in [0.3, 0.4) is 0 Å². The Labute approximate surface area is 408 Å². The van der Waals surface area contributed by atoms with Crippen LogP contribution in [0.1, 0.15) is 181 Å². The van der Waals surface area contributed by atoms with Crippen molar-refractivity contribution in [1.29, 1.82) is 0 Å². The van der Waals surface area contributed by atoms with E-state index in [-0.39, 0.29) is 12.5 Å². The van der Waals surface area contributed by atoms with Gasteiger partial charge in [0.1, 0.15) is 24.4 Å². The third-order valence-electron chi connectivity index (χ3n) is 11.5. The maximum atomic E-state index is 13.0. The van der Waals surface area contributed by atoms with E-state index in [0.717, 1.165) is 116 Å². The highest BCUT2D eigenvalue weighted by Crippen LogP contribution is 2.22. The van der Waals surface area contributed by atoms with Crippen LogP contribution in [0.25, 0.3) is 0 Å². The number of unbranched alkanes of at least 4 members (excludes halogenated alkanes) is 14. The Hall–Kier alpha value is -3.41. The number of carbonyl (C=O) groups excluding carboxylic acids is 1. The van der Waals surface area contributed by atoms with Crippen molar-refractivity contribution in [3.05, 3.63) is 122 Å². The lowest BCUT2D eigenvalue weighted by atomic mass is 9.99. The molecule has 0 radical (unpaired) electrons. The van der Waals surface area contributed by atoms with Crippen LogP contribution in [0.2, 0.25) is 0 Å². The largest absolute Gasteiger partial charge is 0.394 e. The summed E-state index contributed by atoms with van der Waals surface area (Å²) < 4.78 is 11.2. The summed E-state index contributed by atoms with van der Waals surface area (Å²) in [6, 6.07) is -0.838. The van der Waals surface area contributed by atoms with E-state index < -0.39 is 49.5 Å². The average Bonchev–Trinajstić information content (AvgIpc) is 3.33. The van der Waals surface area contributed by atoms with Gasteiger partial charge in [-0.3, -0.25) is 4.79 Å². The smallest absolute Gasteiger partial charge is 0.220 e. The Morgan fingerprint density at radius 2 is 0.940 bits per heavy atom. The monoisotopic (exact) mass is 934 g/mol. The lowest BCUT2D eigenvalue weighted by molar-refractivity contribution is -0.302. The van der Waals surface area contributed by atoms with Crippen LogP contribution in [-0.2, 0) is 14.3 Å². The molecule has 0 aromatic rings. The molecule has 1 aliphatic heterocycles. The molecule has 7 unspecified atom stereocenters. The molecule has 1 rings (SSSR count). The second-order valence-corrected chi connectivity index (χ2v) is 17.6. The van der Waals surface area contributed by atoms with Gasteiger partial charge in [0.15, 0.2) is 6.29 Å². The van der Waals surface area contributed by atoms with Crippen molar-refractivity contribution < 1.29 is 39.8 Å². The molecular weight excluding hydrogens is 839 g/mol. The molecule has 67 heavy (non-hydrogen) atoms. The van der Waals surface area contributed by atoms with Gasteiger partial charge in [-0.15, -0.1) is 0 Å². The van der Waals surface area contributed by atoms with Crippen molar-refractivity contribution in [2.24, 2.45) is 0 Å². The number of hydrogen-bond donors (Lipinski definition) is 6. The lowest BCUT2D eigenvalue weighted by Gasteiger charge is -2.40. The van der Waals surface area contributed by atoms with E-state index in [0.29, 0.717) is 6.42 Å². The number of hydrogen-bond acceptors (Lipinski definition) is 8. The number of aliphatic hydroxyl groups excluding tert-OH is 5. The van der Waals surface area contributed by atoms with Crippen molar-refractivity contribution >= 4 is 5.91 Å². The fraction of sp³-hybridized carbons (Fsp3) is 0.638. The molecular formula is C58H95NO8. The van der Waals surface area contributed by atoms with Crippen LogP contribution in [-0.4, -0.2) is 87.5 Å². The van der Waals surface area contributed by atoms with E-state index in [1.807, 2.05) is 6.08 Å². The molecule has 0 spiro atoms. The quantitative estimate of drug-likeness (QED) is 0.0262. The number of rotatable bonds is 42. The third kappa shape index (κ3) is 36.3. The summed E-state index contributed by atoms with van der Waals surface area (Å²) in [6.45, 7) is 3.60. The summed E-state index contributed by atoms with van der Waals surface area (Å²) in [5, 5.41) is 54.2. The molecule has 0 aromatic carbocycles. The van der Waals surface area contributed by atoms with Gasteiger partial charge in [0.25, 0.3) is 0 Å². The van der Waals surface area contributed by atoms with E-state index in [9.17, 15) is 30.3 Å². The predicted molar refractivity (Wildman–Crippen MR) is 280 cm³/mol. The molecule has 1 saturated heterocycles. The van der Waals surface area contributed by atoms with Crippen LogP contribution in [0.15, 0.2) is 122 Å². The Bertz CT molecular complexity index is 1460. The number of carbonyl (C=O) groups is 1. The van der Waals surface area contributed by atoms with E-state index in [2.05, 4.69) is 129 Å². The molecule has 0 saturated carbocycles. The molecule has 380 valence electrons. The van der Waals surface area contributed by atoms with E-state index in [1.54, 1.807) is 6.08 Å². The maximum Gasteiger partial charge on any atom is 0.220 e. The highest BCUT2D eigenvalue weighted by Gasteiger charge is 2.44. The first kappa shape index (κ1) is 61.6. The molecule has 0 aliphatic carbocycles. The van der Waals surface area contributed by atoms with Gasteiger partial charge in [-0.25, -0.2) is 0 Å². The summed E-state index contributed by atoms with van der Waals surface area (Å²) in [6.07, 6.45) is 62.5. The van der Waals surface area contributed by atoms with Crippen LogP contribution >= 0.6 is 0 Å². The number of ether oxygens (including phenoxy) is 2. The summed E-state index contributed by atoms with van der Waals surface area (Å²) >= 11 is 0. The van der Waals surface area contributed by atoms with E-state index in [1.165, 1.54) is 44.9 Å².